The van der Waals surface area contributed by atoms with Crippen molar-refractivity contribution in [2.24, 2.45) is 0 Å². The van der Waals surface area contributed by atoms with Crippen molar-refractivity contribution in [2.45, 2.75) is 31.7 Å². The van der Waals surface area contributed by atoms with Gasteiger partial charge in [-0.2, -0.15) is 0 Å². The maximum absolute atomic E-state index is 12.8. The number of nitrogens with zero attached hydrogens (tertiary/aromatic N) is 1. The predicted molar refractivity (Wildman–Crippen MR) is 118 cm³/mol. The Morgan fingerprint density at radius 1 is 1.06 bits per heavy atom. The first kappa shape index (κ1) is 23.3. The summed E-state index contributed by atoms with van der Waals surface area (Å²) in [6.45, 7) is 0.919. The quantitative estimate of drug-likeness (QED) is 0.523. The number of amides is 2. The fourth-order valence-electron chi connectivity index (χ4n) is 4.10. The van der Waals surface area contributed by atoms with E-state index in [0.717, 1.165) is 27.2 Å². The van der Waals surface area contributed by atoms with Crippen molar-refractivity contribution in [2.75, 3.05) is 26.3 Å². The van der Waals surface area contributed by atoms with Gasteiger partial charge in [0.1, 0.15) is 19.2 Å². The van der Waals surface area contributed by atoms with Crippen LogP contribution >= 0.6 is 0 Å². The number of ether oxygens (including phenoxy) is 1. The number of aliphatic carboxylic acids is 1. The Hall–Kier alpha value is -3.39. The second-order valence-corrected chi connectivity index (χ2v) is 7.69. The van der Waals surface area contributed by atoms with Crippen LogP contribution in [-0.2, 0) is 14.3 Å². The minimum atomic E-state index is -1.19. The standard InChI is InChI=1S/C24H28N2O6/c1-2-7-21(23(30)26(12-13-27)14-22(28)29)25-24(31)32-15-20-18-10-5-3-8-16(18)17-9-4-6-11-19(17)20/h3-6,8-11,20-21,27H,2,7,12-15H2,1H3,(H,25,31)(H,28,29)/t21-/m0/s1. The first-order valence-electron chi connectivity index (χ1n) is 10.7. The highest BCUT2D eigenvalue weighted by molar-refractivity contribution is 5.88. The maximum Gasteiger partial charge on any atom is 0.407 e. The number of nitrogens with one attached hydrogen (secondary N) is 1. The number of benzene rings is 2. The van der Waals surface area contributed by atoms with Gasteiger partial charge in [0.15, 0.2) is 0 Å². The largest absolute Gasteiger partial charge is 0.480 e. The molecule has 1 atom stereocenters. The Labute approximate surface area is 186 Å². The van der Waals surface area contributed by atoms with Gasteiger partial charge in [0, 0.05) is 12.5 Å². The maximum atomic E-state index is 12.8. The summed E-state index contributed by atoms with van der Waals surface area (Å²) in [6.07, 6.45) is 0.183. The van der Waals surface area contributed by atoms with E-state index in [2.05, 4.69) is 5.32 Å². The lowest BCUT2D eigenvalue weighted by molar-refractivity contribution is -0.145. The third-order valence-electron chi connectivity index (χ3n) is 5.52. The summed E-state index contributed by atoms with van der Waals surface area (Å²) in [7, 11) is 0. The first-order chi connectivity index (χ1) is 15.5. The smallest absolute Gasteiger partial charge is 0.407 e. The number of hydrogen-bond donors (Lipinski definition) is 3. The van der Waals surface area contributed by atoms with Crippen LogP contribution in [0.3, 0.4) is 0 Å². The van der Waals surface area contributed by atoms with Crippen LogP contribution in [0, 0.1) is 0 Å². The minimum absolute atomic E-state index is 0.105. The van der Waals surface area contributed by atoms with Crippen LogP contribution < -0.4 is 5.32 Å². The van der Waals surface area contributed by atoms with Gasteiger partial charge in [-0.15, -0.1) is 0 Å². The molecule has 2 amide bonds. The molecule has 0 saturated carbocycles. The molecule has 170 valence electrons. The summed E-state index contributed by atoms with van der Waals surface area (Å²) in [5.74, 6) is -1.86. The summed E-state index contributed by atoms with van der Waals surface area (Å²) in [6, 6.07) is 15.0. The molecule has 8 nitrogen and oxygen atoms in total. The van der Waals surface area contributed by atoms with Crippen LogP contribution in [0.15, 0.2) is 48.5 Å². The van der Waals surface area contributed by atoms with Crippen molar-refractivity contribution in [3.63, 3.8) is 0 Å². The van der Waals surface area contributed by atoms with Gasteiger partial charge in [-0.25, -0.2) is 4.79 Å². The monoisotopic (exact) mass is 440 g/mol. The van der Waals surface area contributed by atoms with Crippen molar-refractivity contribution >= 4 is 18.0 Å². The van der Waals surface area contributed by atoms with Crippen molar-refractivity contribution in [1.29, 1.82) is 0 Å². The predicted octanol–water partition coefficient (Wildman–Crippen LogP) is 2.60. The molecule has 0 unspecified atom stereocenters. The minimum Gasteiger partial charge on any atom is -0.480 e. The van der Waals surface area contributed by atoms with E-state index in [1.165, 1.54) is 0 Å². The van der Waals surface area contributed by atoms with Crippen LogP contribution in [-0.4, -0.2) is 65.4 Å². The lowest BCUT2D eigenvalue weighted by Crippen LogP contribution is -2.50. The number of fused-ring (bicyclic) bond motifs is 3. The molecule has 0 radical (unpaired) electrons. The molecule has 0 aliphatic heterocycles. The second-order valence-electron chi connectivity index (χ2n) is 7.69. The number of aliphatic hydroxyl groups excluding tert-OH is 1. The Morgan fingerprint density at radius 2 is 1.66 bits per heavy atom. The van der Waals surface area contributed by atoms with Gasteiger partial charge in [0.05, 0.1) is 6.61 Å². The molecule has 0 fully saturated rings. The van der Waals surface area contributed by atoms with E-state index in [0.29, 0.717) is 12.8 Å². The molecule has 8 heteroatoms. The van der Waals surface area contributed by atoms with E-state index < -0.39 is 30.6 Å². The van der Waals surface area contributed by atoms with Crippen molar-refractivity contribution in [3.05, 3.63) is 59.7 Å². The van der Waals surface area contributed by atoms with Gasteiger partial charge in [0.25, 0.3) is 0 Å². The van der Waals surface area contributed by atoms with Gasteiger partial charge >= 0.3 is 12.1 Å². The number of hydrogen-bond acceptors (Lipinski definition) is 5. The highest BCUT2D eigenvalue weighted by Crippen LogP contribution is 2.44. The molecular formula is C24H28N2O6. The SMILES string of the molecule is CCC[C@H](NC(=O)OCC1c2ccccc2-c2ccccc21)C(=O)N(CCO)CC(=O)O. The summed E-state index contributed by atoms with van der Waals surface area (Å²) >= 11 is 0. The van der Waals surface area contributed by atoms with Crippen molar-refractivity contribution < 1.29 is 29.3 Å². The Bertz CT molecular complexity index is 931. The van der Waals surface area contributed by atoms with Crippen molar-refractivity contribution in [1.82, 2.24) is 10.2 Å². The molecule has 1 aliphatic carbocycles. The van der Waals surface area contributed by atoms with E-state index in [1.807, 2.05) is 55.5 Å². The highest BCUT2D eigenvalue weighted by atomic mass is 16.5. The third-order valence-corrected chi connectivity index (χ3v) is 5.52. The molecule has 32 heavy (non-hydrogen) atoms. The molecule has 0 aromatic heterocycles. The summed E-state index contributed by atoms with van der Waals surface area (Å²) in [4.78, 5) is 37.4. The van der Waals surface area contributed by atoms with Crippen LogP contribution in [0.25, 0.3) is 11.1 Å². The molecule has 0 spiro atoms. The zero-order valence-electron chi connectivity index (χ0n) is 18.0. The molecule has 2 aromatic carbocycles. The number of rotatable bonds is 10. The van der Waals surface area contributed by atoms with Gasteiger partial charge < -0.3 is 25.2 Å². The molecule has 3 rings (SSSR count). The van der Waals surface area contributed by atoms with E-state index in [-0.39, 0.29) is 25.7 Å². The van der Waals surface area contributed by atoms with Gasteiger partial charge in [-0.3, -0.25) is 9.59 Å². The zero-order chi connectivity index (χ0) is 23.1. The average molecular weight is 440 g/mol. The number of carbonyl (C=O) groups is 3. The molecule has 2 aromatic rings. The molecule has 0 saturated heterocycles. The topological polar surface area (TPSA) is 116 Å². The highest BCUT2D eigenvalue weighted by Gasteiger charge is 2.30. The fourth-order valence-corrected chi connectivity index (χ4v) is 4.10. The Balaban J connectivity index is 1.67. The van der Waals surface area contributed by atoms with Crippen LogP contribution in [0.5, 0.6) is 0 Å². The molecule has 1 aliphatic rings. The van der Waals surface area contributed by atoms with Gasteiger partial charge in [0.2, 0.25) is 5.91 Å². The summed E-state index contributed by atoms with van der Waals surface area (Å²) in [5, 5.41) is 20.8. The molecule has 0 bridgehead atoms. The zero-order valence-corrected chi connectivity index (χ0v) is 18.0. The normalized spacial score (nSPS) is 13.1. The van der Waals surface area contributed by atoms with Gasteiger partial charge in [-0.05, 0) is 28.7 Å². The first-order valence-corrected chi connectivity index (χ1v) is 10.7. The lowest BCUT2D eigenvalue weighted by Gasteiger charge is -2.26. The average Bonchev–Trinajstić information content (AvgIpc) is 3.10. The number of aliphatic hydroxyl groups is 1. The number of alkyl carbamates (subject to hydrolysis) is 1. The summed E-state index contributed by atoms with van der Waals surface area (Å²) in [5.41, 5.74) is 4.39. The molecular weight excluding hydrogens is 412 g/mol. The third kappa shape index (κ3) is 5.26. The number of carboxylic acids is 1. The van der Waals surface area contributed by atoms with Crippen LogP contribution in [0.2, 0.25) is 0 Å². The second kappa shape index (κ2) is 10.8. The lowest BCUT2D eigenvalue weighted by atomic mass is 9.98. The Morgan fingerprint density at radius 3 is 2.19 bits per heavy atom. The summed E-state index contributed by atoms with van der Waals surface area (Å²) < 4.78 is 5.50. The number of carboxylic acid groups (broad SMARTS) is 1. The van der Waals surface area contributed by atoms with E-state index in [9.17, 15) is 14.4 Å². The fraction of sp³-hybridized carbons (Fsp3) is 0.375. The van der Waals surface area contributed by atoms with E-state index in [1.54, 1.807) is 0 Å². The Kier molecular flexibility index (Phi) is 7.83. The van der Waals surface area contributed by atoms with E-state index >= 15 is 0 Å². The van der Waals surface area contributed by atoms with Crippen molar-refractivity contribution in [3.8, 4) is 11.1 Å². The van der Waals surface area contributed by atoms with E-state index in [4.69, 9.17) is 14.9 Å². The molecule has 0 heterocycles. The number of carbonyl (C=O) groups excluding carboxylic acids is 2. The molecule has 3 N–H and O–H groups in total. The van der Waals surface area contributed by atoms with Crippen LogP contribution in [0.4, 0.5) is 4.79 Å². The van der Waals surface area contributed by atoms with Crippen LogP contribution in [0.1, 0.15) is 36.8 Å². The van der Waals surface area contributed by atoms with Gasteiger partial charge in [-0.1, -0.05) is 61.9 Å².